The number of rotatable bonds is 5. The predicted octanol–water partition coefficient (Wildman–Crippen LogP) is 2.75. The highest BCUT2D eigenvalue weighted by Crippen LogP contribution is 1.98. The van der Waals surface area contributed by atoms with Gasteiger partial charge in [0.25, 0.3) is 0 Å². The molecule has 252 valence electrons. The van der Waals surface area contributed by atoms with Crippen LogP contribution in [0.2, 0.25) is 0 Å². The van der Waals surface area contributed by atoms with E-state index in [0.29, 0.717) is 25.4 Å². The largest absolute Gasteiger partial charge is 0.617 e. The molecule has 0 saturated carbocycles. The van der Waals surface area contributed by atoms with Crippen LogP contribution in [-0.4, -0.2) is 142 Å². The van der Waals surface area contributed by atoms with Crippen LogP contribution in [0.25, 0.3) is 0 Å². The highest BCUT2D eigenvalue weighted by molar-refractivity contribution is 7.89. The molecule has 0 aliphatic carbocycles. The molecule has 1 heterocycles. The molecule has 1 saturated heterocycles. The lowest BCUT2D eigenvalue weighted by Crippen LogP contribution is -2.33. The lowest BCUT2D eigenvalue weighted by molar-refractivity contribution is -0.120. The summed E-state index contributed by atoms with van der Waals surface area (Å²) in [6, 6.07) is 0.0185. The van der Waals surface area contributed by atoms with E-state index in [1.54, 1.807) is 87.6 Å². The minimum absolute atomic E-state index is 0.0185. The molecule has 0 bridgehead atoms. The van der Waals surface area contributed by atoms with E-state index in [-0.39, 0.29) is 29.6 Å². The van der Waals surface area contributed by atoms with Crippen molar-refractivity contribution in [1.29, 1.82) is 0 Å². The van der Waals surface area contributed by atoms with Gasteiger partial charge in [0.05, 0.1) is 19.1 Å². The number of nitrogens with zero attached hydrogens (tertiary/aromatic N) is 4. The summed E-state index contributed by atoms with van der Waals surface area (Å²) < 4.78 is 14.1. The van der Waals surface area contributed by atoms with Crippen molar-refractivity contribution in [3.8, 4) is 0 Å². The van der Waals surface area contributed by atoms with Gasteiger partial charge in [-0.15, -0.1) is 0 Å². The van der Waals surface area contributed by atoms with Crippen molar-refractivity contribution in [2.75, 3.05) is 82.0 Å². The van der Waals surface area contributed by atoms with Crippen LogP contribution >= 0.6 is 0 Å². The molecule has 1 rings (SSSR count). The number of Topliss-reactive ketones (excluding diaryl/α,β-unsaturated/α-hetero) is 2. The molecule has 1 aliphatic rings. The molecule has 5 amide bonds. The predicted molar refractivity (Wildman–Crippen MR) is 172 cm³/mol. The Morgan fingerprint density at radius 3 is 1.36 bits per heavy atom. The van der Waals surface area contributed by atoms with Gasteiger partial charge in [-0.2, -0.15) is 0 Å². The van der Waals surface area contributed by atoms with Gasteiger partial charge in [-0.05, 0) is 19.8 Å². The molecule has 0 spiro atoms. The molecule has 0 atom stereocenters. The minimum Gasteiger partial charge on any atom is -0.617 e. The Hall–Kier alpha value is -2.87. The molecular formula is C28H61N5O8S. The summed E-state index contributed by atoms with van der Waals surface area (Å²) in [5.74, 6) is 1.16. The summed E-state index contributed by atoms with van der Waals surface area (Å²) in [5, 5.41) is 2.48. The highest BCUT2D eigenvalue weighted by atomic mass is 32.2. The van der Waals surface area contributed by atoms with Crippen molar-refractivity contribution in [1.82, 2.24) is 24.9 Å². The summed E-state index contributed by atoms with van der Waals surface area (Å²) in [7, 11) is 13.6. The van der Waals surface area contributed by atoms with E-state index in [0.717, 1.165) is 19.4 Å². The SMILES string of the molecule is CC(=O)CC(C)C.CCC(=O)NC.CCC(C)=O.CN(C)C(=O)N(C)C.CN(C)C=O.CN1CCOC1=O.C[S+](C)[O-]. The Morgan fingerprint density at radius 2 is 1.33 bits per heavy atom. The first-order valence-corrected chi connectivity index (χ1v) is 15.4. The van der Waals surface area contributed by atoms with Crippen LogP contribution in [-0.2, 0) is 35.1 Å². The van der Waals surface area contributed by atoms with Crippen LogP contribution in [0.5, 0.6) is 0 Å². The van der Waals surface area contributed by atoms with Crippen molar-refractivity contribution in [3.63, 3.8) is 0 Å². The number of cyclic esters (lactones) is 1. The first-order chi connectivity index (χ1) is 19.1. The number of ketones is 2. The van der Waals surface area contributed by atoms with Gasteiger partial charge in [-0.3, -0.25) is 9.59 Å². The topological polar surface area (TPSA) is 160 Å². The molecule has 13 nitrogen and oxygen atoms in total. The van der Waals surface area contributed by atoms with Crippen LogP contribution in [0.3, 0.4) is 0 Å². The maximum atomic E-state index is 10.7. The fourth-order valence-corrected chi connectivity index (χ4v) is 1.62. The smallest absolute Gasteiger partial charge is 0.409 e. The Bertz CT molecular complexity index is 685. The first-order valence-electron chi connectivity index (χ1n) is 13.4. The van der Waals surface area contributed by atoms with E-state index in [4.69, 9.17) is 0 Å². The van der Waals surface area contributed by atoms with Gasteiger partial charge in [-0.1, -0.05) is 38.9 Å². The number of carbonyl (C=O) groups is 6. The molecule has 1 aliphatic heterocycles. The average molecular weight is 628 g/mol. The molecule has 14 heteroatoms. The fraction of sp³-hybridized carbons (Fsp3) is 0.786. The van der Waals surface area contributed by atoms with Crippen molar-refractivity contribution < 1.29 is 38.1 Å². The van der Waals surface area contributed by atoms with E-state index in [2.05, 4.69) is 10.1 Å². The molecule has 1 fully saturated rings. The third-order valence-corrected chi connectivity index (χ3v) is 3.73. The average Bonchev–Trinajstić information content (AvgIpc) is 3.25. The maximum Gasteiger partial charge on any atom is 0.409 e. The lowest BCUT2D eigenvalue weighted by atomic mass is 10.1. The molecule has 0 unspecified atom stereocenters. The second-order valence-corrected chi connectivity index (χ2v) is 11.3. The molecular weight excluding hydrogens is 566 g/mol. The van der Waals surface area contributed by atoms with Gasteiger partial charge in [0, 0.05) is 75.6 Å². The normalized spacial score (nSPS) is 10.3. The van der Waals surface area contributed by atoms with E-state index in [9.17, 15) is 33.3 Å². The van der Waals surface area contributed by atoms with Gasteiger partial charge in [0.2, 0.25) is 12.3 Å². The Morgan fingerprint density at radius 1 is 0.976 bits per heavy atom. The third kappa shape index (κ3) is 65.9. The molecule has 42 heavy (non-hydrogen) atoms. The number of hydrogen-bond donors (Lipinski definition) is 1. The second-order valence-electron chi connectivity index (χ2n) is 9.80. The highest BCUT2D eigenvalue weighted by Gasteiger charge is 2.15. The lowest BCUT2D eigenvalue weighted by Gasteiger charge is -2.16. The van der Waals surface area contributed by atoms with Crippen LogP contribution < -0.4 is 5.32 Å². The third-order valence-electron chi connectivity index (χ3n) is 3.73. The Labute approximate surface area is 258 Å². The summed E-state index contributed by atoms with van der Waals surface area (Å²) in [6.45, 7) is 12.2. The van der Waals surface area contributed by atoms with Crippen LogP contribution in [0.15, 0.2) is 0 Å². The Kier molecular flexibility index (Phi) is 44.6. The molecule has 0 aromatic heterocycles. The number of urea groups is 1. The van der Waals surface area contributed by atoms with Crippen molar-refractivity contribution in [2.24, 2.45) is 5.92 Å². The van der Waals surface area contributed by atoms with Gasteiger partial charge in [0.15, 0.2) is 0 Å². The van der Waals surface area contributed by atoms with Gasteiger partial charge in [-0.25, -0.2) is 9.59 Å². The number of carbonyl (C=O) groups excluding carboxylic acids is 6. The van der Waals surface area contributed by atoms with E-state index in [1.807, 2.05) is 27.7 Å². The summed E-state index contributed by atoms with van der Waals surface area (Å²) >= 11 is -0.611. The zero-order valence-electron chi connectivity index (χ0n) is 29.2. The van der Waals surface area contributed by atoms with Gasteiger partial charge < -0.3 is 43.8 Å². The van der Waals surface area contributed by atoms with Crippen molar-refractivity contribution in [2.45, 2.75) is 60.8 Å². The van der Waals surface area contributed by atoms with E-state index < -0.39 is 11.2 Å². The molecule has 0 aromatic rings. The summed E-state index contributed by atoms with van der Waals surface area (Å²) in [6.07, 6.45) is 5.79. The summed E-state index contributed by atoms with van der Waals surface area (Å²) in [5.41, 5.74) is 0. The summed E-state index contributed by atoms with van der Waals surface area (Å²) in [4.78, 5) is 66.6. The quantitative estimate of drug-likeness (QED) is 0.360. The van der Waals surface area contributed by atoms with Crippen molar-refractivity contribution in [3.05, 3.63) is 0 Å². The number of hydrogen-bond acceptors (Lipinski definition) is 8. The van der Waals surface area contributed by atoms with E-state index in [1.165, 1.54) is 14.7 Å². The standard InChI is InChI=1S/C6H12O.C5H12N2O.C4H7NO2.C4H9NO.C4H8O.C3H7NO.C2H6OS/c1-5(2)4-6(3)7;1-6(2)5(8)7(3)4;1-5-2-3-7-4(5)6;1-3-4(6)5-2;1-3-4(2)5;1-4(2)3-5;1-4(2)3/h5H,4H2,1-3H3;1-4H3;2-3H2,1H3;3H2,1-2H3,(H,5,6);3H2,1-2H3;3H,1-2H3;1-2H3. The number of ether oxygens (including phenoxy) is 1. The zero-order chi connectivity index (χ0) is 35.0. The van der Waals surface area contributed by atoms with Crippen LogP contribution in [0.1, 0.15) is 60.8 Å². The second kappa shape index (κ2) is 36.2. The first kappa shape index (κ1) is 51.8. The van der Waals surface area contributed by atoms with Crippen LogP contribution in [0, 0.1) is 5.92 Å². The zero-order valence-corrected chi connectivity index (χ0v) is 30.0. The number of nitrogens with one attached hydrogen (secondary N) is 1. The van der Waals surface area contributed by atoms with Crippen LogP contribution in [0.4, 0.5) is 9.59 Å². The Balaban J connectivity index is -0.0000000910. The number of likely N-dealkylation sites (N-methyl/N-ethyl adjacent to an activating group) is 1. The van der Waals surface area contributed by atoms with Gasteiger partial charge in [0.1, 0.15) is 18.2 Å². The molecule has 0 radical (unpaired) electrons. The van der Waals surface area contributed by atoms with E-state index >= 15 is 0 Å². The fourth-order valence-electron chi connectivity index (χ4n) is 1.62. The minimum atomic E-state index is -0.611. The van der Waals surface area contributed by atoms with Crippen molar-refractivity contribution >= 4 is 47.2 Å². The monoisotopic (exact) mass is 627 g/mol. The molecule has 0 aromatic carbocycles. The van der Waals surface area contributed by atoms with Gasteiger partial charge >= 0.3 is 12.1 Å². The maximum absolute atomic E-state index is 10.7. The number of amides is 5. The molecule has 1 N–H and O–H groups in total.